The van der Waals surface area contributed by atoms with Crippen molar-refractivity contribution in [1.29, 1.82) is 0 Å². The molecule has 0 atom stereocenters. The van der Waals surface area contributed by atoms with E-state index in [1.165, 1.54) is 12.1 Å². The van der Waals surface area contributed by atoms with Crippen LogP contribution in [-0.4, -0.2) is 18.0 Å². The van der Waals surface area contributed by atoms with Crippen molar-refractivity contribution in [3.63, 3.8) is 0 Å². The van der Waals surface area contributed by atoms with Crippen LogP contribution in [0.5, 0.6) is 11.5 Å². The fourth-order valence-corrected chi connectivity index (χ4v) is 1.17. The zero-order chi connectivity index (χ0) is 14.7. The number of benzene rings is 1. The summed E-state index contributed by atoms with van der Waals surface area (Å²) in [4.78, 5) is 11.4. The Morgan fingerprint density at radius 2 is 1.74 bits per heavy atom. The zero-order valence-electron chi connectivity index (χ0n) is 10.7. The third-order valence-corrected chi connectivity index (χ3v) is 1.73. The van der Waals surface area contributed by atoms with Crippen LogP contribution in [0.1, 0.15) is 20.8 Å². The molecule has 0 unspecified atom stereocenters. The maximum absolute atomic E-state index is 12.0. The topological polar surface area (TPSA) is 47.6 Å². The second-order valence-corrected chi connectivity index (χ2v) is 4.79. The van der Waals surface area contributed by atoms with Crippen LogP contribution in [0.2, 0.25) is 0 Å². The Hall–Kier alpha value is -1.92. The molecule has 1 aromatic rings. The van der Waals surface area contributed by atoms with Crippen molar-refractivity contribution < 1.29 is 27.4 Å². The van der Waals surface area contributed by atoms with Gasteiger partial charge in [0.2, 0.25) is 0 Å². The number of ether oxygens (including phenoxy) is 2. The Bertz CT molecular complexity index is 452. The maximum Gasteiger partial charge on any atom is 0.573 e. The number of alkyl halides is 3. The van der Waals surface area contributed by atoms with E-state index < -0.39 is 23.7 Å². The molecular formula is C12H14F3NO3. The van der Waals surface area contributed by atoms with E-state index in [1.807, 2.05) is 0 Å². The number of carbonyl (C=O) groups is 1. The number of halogens is 3. The lowest BCUT2D eigenvalue weighted by Gasteiger charge is -2.19. The summed E-state index contributed by atoms with van der Waals surface area (Å²) in [6, 6.07) is 4.74. The van der Waals surface area contributed by atoms with Crippen molar-refractivity contribution in [1.82, 2.24) is 5.32 Å². The van der Waals surface area contributed by atoms with E-state index in [-0.39, 0.29) is 5.75 Å². The minimum absolute atomic E-state index is 0.0384. The first kappa shape index (κ1) is 15.1. The maximum atomic E-state index is 12.0. The summed E-state index contributed by atoms with van der Waals surface area (Å²) in [5.41, 5.74) is -0.503. The molecule has 0 spiro atoms. The first-order chi connectivity index (χ1) is 8.55. The number of hydrogen-bond donors (Lipinski definition) is 1. The lowest BCUT2D eigenvalue weighted by Crippen LogP contribution is -2.42. The molecule has 0 saturated heterocycles. The molecule has 106 valence electrons. The third-order valence-electron chi connectivity index (χ3n) is 1.73. The van der Waals surface area contributed by atoms with Gasteiger partial charge in [-0.1, -0.05) is 6.07 Å². The molecule has 0 radical (unpaired) electrons. The van der Waals surface area contributed by atoms with E-state index in [4.69, 9.17) is 4.74 Å². The fourth-order valence-electron chi connectivity index (χ4n) is 1.17. The summed E-state index contributed by atoms with van der Waals surface area (Å²) in [5, 5.41) is 2.51. The molecule has 0 bridgehead atoms. The number of nitrogens with one attached hydrogen (secondary N) is 1. The summed E-state index contributed by atoms with van der Waals surface area (Å²) < 4.78 is 44.6. The van der Waals surface area contributed by atoms with Crippen molar-refractivity contribution in [2.75, 3.05) is 0 Å². The molecule has 0 aliphatic heterocycles. The van der Waals surface area contributed by atoms with E-state index in [0.717, 1.165) is 12.1 Å². The quantitative estimate of drug-likeness (QED) is 0.900. The molecule has 0 saturated carbocycles. The van der Waals surface area contributed by atoms with Gasteiger partial charge in [0, 0.05) is 11.6 Å². The van der Waals surface area contributed by atoms with Gasteiger partial charge in [-0.3, -0.25) is 0 Å². The molecule has 7 heteroatoms. The van der Waals surface area contributed by atoms with Crippen LogP contribution in [0, 0.1) is 0 Å². The largest absolute Gasteiger partial charge is 0.573 e. The Morgan fingerprint density at radius 3 is 2.26 bits per heavy atom. The summed E-state index contributed by atoms with van der Waals surface area (Å²) in [6.07, 6.45) is -5.54. The monoisotopic (exact) mass is 277 g/mol. The van der Waals surface area contributed by atoms with Crippen LogP contribution < -0.4 is 14.8 Å². The molecule has 19 heavy (non-hydrogen) atoms. The van der Waals surface area contributed by atoms with Crippen LogP contribution in [0.15, 0.2) is 24.3 Å². The number of rotatable bonds is 2. The molecule has 1 aromatic carbocycles. The van der Waals surface area contributed by atoms with Gasteiger partial charge >= 0.3 is 12.5 Å². The van der Waals surface area contributed by atoms with Gasteiger partial charge in [-0.2, -0.15) is 0 Å². The fraction of sp³-hybridized carbons (Fsp3) is 0.417. The molecule has 1 N–H and O–H groups in total. The van der Waals surface area contributed by atoms with Gasteiger partial charge in [0.1, 0.15) is 11.5 Å². The number of amides is 1. The number of hydrogen-bond acceptors (Lipinski definition) is 3. The summed E-state index contributed by atoms with van der Waals surface area (Å²) in [7, 11) is 0. The van der Waals surface area contributed by atoms with Crippen molar-refractivity contribution in [3.05, 3.63) is 24.3 Å². The summed E-state index contributed by atoms with van der Waals surface area (Å²) >= 11 is 0. The van der Waals surface area contributed by atoms with Gasteiger partial charge in [0.25, 0.3) is 0 Å². The standard InChI is InChI=1S/C12H14F3NO3/c1-11(2,3)16-10(17)18-8-5-4-6-9(7-8)19-12(13,14)15/h4-7H,1-3H3,(H,16,17). The van der Waals surface area contributed by atoms with Crippen molar-refractivity contribution in [2.24, 2.45) is 0 Å². The highest BCUT2D eigenvalue weighted by Crippen LogP contribution is 2.26. The van der Waals surface area contributed by atoms with Crippen LogP contribution in [0.4, 0.5) is 18.0 Å². The highest BCUT2D eigenvalue weighted by atomic mass is 19.4. The smallest absolute Gasteiger partial charge is 0.410 e. The minimum atomic E-state index is -4.79. The molecule has 1 rings (SSSR count). The van der Waals surface area contributed by atoms with Gasteiger partial charge in [-0.25, -0.2) is 4.79 Å². The second kappa shape index (κ2) is 5.38. The normalized spacial score (nSPS) is 11.9. The Kier molecular flexibility index (Phi) is 4.28. The van der Waals surface area contributed by atoms with E-state index in [0.29, 0.717) is 0 Å². The Balaban J connectivity index is 2.70. The van der Waals surface area contributed by atoms with E-state index in [9.17, 15) is 18.0 Å². The van der Waals surface area contributed by atoms with Crippen molar-refractivity contribution in [3.8, 4) is 11.5 Å². The average Bonchev–Trinajstić information content (AvgIpc) is 2.11. The van der Waals surface area contributed by atoms with Crippen LogP contribution >= 0.6 is 0 Å². The van der Waals surface area contributed by atoms with Gasteiger partial charge in [-0.15, -0.1) is 13.2 Å². The van der Waals surface area contributed by atoms with E-state index in [2.05, 4.69) is 10.1 Å². The van der Waals surface area contributed by atoms with Crippen molar-refractivity contribution >= 4 is 6.09 Å². The van der Waals surface area contributed by atoms with Gasteiger partial charge in [0.15, 0.2) is 0 Å². The first-order valence-electron chi connectivity index (χ1n) is 5.41. The molecule has 1 amide bonds. The van der Waals surface area contributed by atoms with E-state index in [1.54, 1.807) is 20.8 Å². The third kappa shape index (κ3) is 6.54. The molecule has 0 aromatic heterocycles. The summed E-state index contributed by atoms with van der Waals surface area (Å²) in [6.45, 7) is 5.24. The van der Waals surface area contributed by atoms with Crippen LogP contribution in [0.3, 0.4) is 0 Å². The SMILES string of the molecule is CC(C)(C)NC(=O)Oc1cccc(OC(F)(F)F)c1. The molecule has 0 aliphatic carbocycles. The van der Waals surface area contributed by atoms with Gasteiger partial charge in [0.05, 0.1) is 0 Å². The lowest BCUT2D eigenvalue weighted by molar-refractivity contribution is -0.274. The second-order valence-electron chi connectivity index (χ2n) is 4.79. The molecule has 0 fully saturated rings. The highest BCUT2D eigenvalue weighted by Gasteiger charge is 2.31. The summed E-state index contributed by atoms with van der Waals surface area (Å²) in [5.74, 6) is -0.489. The molecule has 4 nitrogen and oxygen atoms in total. The van der Waals surface area contributed by atoms with Crippen LogP contribution in [0.25, 0.3) is 0 Å². The van der Waals surface area contributed by atoms with Gasteiger partial charge in [-0.05, 0) is 32.9 Å². The Labute approximate surface area is 108 Å². The van der Waals surface area contributed by atoms with Crippen LogP contribution in [-0.2, 0) is 0 Å². The van der Waals surface area contributed by atoms with Gasteiger partial charge < -0.3 is 14.8 Å². The highest BCUT2D eigenvalue weighted by molar-refractivity contribution is 5.71. The zero-order valence-corrected chi connectivity index (χ0v) is 10.7. The van der Waals surface area contributed by atoms with Crippen molar-refractivity contribution in [2.45, 2.75) is 32.7 Å². The molecular weight excluding hydrogens is 263 g/mol. The average molecular weight is 277 g/mol. The predicted octanol–water partition coefficient (Wildman–Crippen LogP) is 3.47. The lowest BCUT2D eigenvalue weighted by atomic mass is 10.1. The predicted molar refractivity (Wildman–Crippen MR) is 62.0 cm³/mol. The van der Waals surface area contributed by atoms with E-state index >= 15 is 0 Å². The number of carbonyl (C=O) groups excluding carboxylic acids is 1. The minimum Gasteiger partial charge on any atom is -0.410 e. The molecule has 0 heterocycles. The first-order valence-corrected chi connectivity index (χ1v) is 5.41. The Morgan fingerprint density at radius 1 is 1.16 bits per heavy atom. The molecule has 0 aliphatic rings.